The van der Waals surface area contributed by atoms with Crippen molar-refractivity contribution in [1.29, 1.82) is 0 Å². The third-order valence-corrected chi connectivity index (χ3v) is 17.3. The summed E-state index contributed by atoms with van der Waals surface area (Å²) in [6.45, 7) is 3.69. The van der Waals surface area contributed by atoms with Crippen molar-refractivity contribution in [2.24, 2.45) is 5.73 Å². The van der Waals surface area contributed by atoms with Gasteiger partial charge in [-0.15, -0.1) is 0 Å². The van der Waals surface area contributed by atoms with Crippen LogP contribution in [0.25, 0.3) is 0 Å². The fourth-order valence-corrected chi connectivity index (χ4v) is 11.6. The number of allylic oxidation sites excluding steroid dienone is 14. The van der Waals surface area contributed by atoms with Gasteiger partial charge < -0.3 is 20.1 Å². The number of esters is 2. The highest BCUT2D eigenvalue weighted by atomic mass is 31.2. The van der Waals surface area contributed by atoms with Crippen molar-refractivity contribution >= 4 is 19.8 Å². The van der Waals surface area contributed by atoms with Crippen LogP contribution in [0.4, 0.5) is 0 Å². The molecule has 2 unspecified atom stereocenters. The molecule has 10 heteroatoms. The summed E-state index contributed by atoms with van der Waals surface area (Å²) in [6.07, 6.45) is 97.0. The van der Waals surface area contributed by atoms with E-state index in [9.17, 15) is 19.0 Å². The summed E-state index contributed by atoms with van der Waals surface area (Å²) in [4.78, 5) is 35.4. The van der Waals surface area contributed by atoms with Crippen LogP contribution in [0.1, 0.15) is 361 Å². The fraction of sp³-hybridized carbons (Fsp3) is 0.792. The molecule has 87 heavy (non-hydrogen) atoms. The average Bonchev–Trinajstić information content (AvgIpc) is 3.65. The summed E-state index contributed by atoms with van der Waals surface area (Å²) in [5, 5.41) is 0. The van der Waals surface area contributed by atoms with Crippen molar-refractivity contribution in [2.45, 2.75) is 367 Å². The van der Waals surface area contributed by atoms with Crippen LogP contribution in [-0.4, -0.2) is 49.3 Å². The van der Waals surface area contributed by atoms with E-state index in [1.807, 2.05) is 0 Å². The molecule has 0 amide bonds. The maximum atomic E-state index is 12.8. The Morgan fingerprint density at radius 1 is 0.356 bits per heavy atom. The van der Waals surface area contributed by atoms with E-state index in [1.165, 1.54) is 250 Å². The van der Waals surface area contributed by atoms with Crippen molar-refractivity contribution in [3.63, 3.8) is 0 Å². The Hall–Kier alpha value is -2.81. The van der Waals surface area contributed by atoms with Gasteiger partial charge in [-0.25, -0.2) is 4.57 Å². The Morgan fingerprint density at radius 3 is 0.943 bits per heavy atom. The second-order valence-corrected chi connectivity index (χ2v) is 26.2. The third kappa shape index (κ3) is 72.1. The molecule has 0 fully saturated rings. The minimum Gasteiger partial charge on any atom is -0.462 e. The normalized spacial score (nSPS) is 13.4. The van der Waals surface area contributed by atoms with Crippen LogP contribution in [-0.2, 0) is 32.7 Å². The van der Waals surface area contributed by atoms with E-state index in [-0.39, 0.29) is 38.6 Å². The number of hydrogen-bond donors (Lipinski definition) is 2. The molecular formula is C77H140NO8P. The van der Waals surface area contributed by atoms with Gasteiger partial charge in [0, 0.05) is 19.4 Å². The topological polar surface area (TPSA) is 134 Å². The van der Waals surface area contributed by atoms with Crippen LogP contribution >= 0.6 is 7.82 Å². The van der Waals surface area contributed by atoms with Gasteiger partial charge in [-0.05, 0) is 70.6 Å². The molecule has 0 aliphatic heterocycles. The van der Waals surface area contributed by atoms with E-state index in [0.29, 0.717) is 6.42 Å². The number of phosphoric acid groups is 1. The van der Waals surface area contributed by atoms with Crippen molar-refractivity contribution in [2.75, 3.05) is 26.4 Å². The Morgan fingerprint density at radius 2 is 0.632 bits per heavy atom. The number of rotatable bonds is 70. The zero-order valence-electron chi connectivity index (χ0n) is 57.0. The van der Waals surface area contributed by atoms with E-state index in [4.69, 9.17) is 24.3 Å². The van der Waals surface area contributed by atoms with Crippen LogP contribution in [0.2, 0.25) is 0 Å². The molecule has 0 heterocycles. The largest absolute Gasteiger partial charge is 0.472 e. The van der Waals surface area contributed by atoms with Crippen LogP contribution < -0.4 is 5.73 Å². The minimum atomic E-state index is -4.39. The summed E-state index contributed by atoms with van der Waals surface area (Å²) >= 11 is 0. The van der Waals surface area contributed by atoms with Gasteiger partial charge in [-0.2, -0.15) is 0 Å². The molecule has 0 aliphatic carbocycles. The van der Waals surface area contributed by atoms with Crippen molar-refractivity contribution in [1.82, 2.24) is 0 Å². The predicted molar refractivity (Wildman–Crippen MR) is 376 cm³/mol. The molecule has 0 saturated heterocycles. The fourth-order valence-electron chi connectivity index (χ4n) is 10.9. The molecule has 2 atom stereocenters. The minimum absolute atomic E-state index is 0.0543. The van der Waals surface area contributed by atoms with Crippen LogP contribution in [0.5, 0.6) is 0 Å². The first-order valence-corrected chi connectivity index (χ1v) is 38.6. The quantitative estimate of drug-likeness (QED) is 0.0264. The number of carbonyl (C=O) groups excluding carboxylic acids is 2. The molecular weight excluding hydrogens is 1100 g/mol. The predicted octanol–water partition coefficient (Wildman–Crippen LogP) is 24.5. The number of phosphoric ester groups is 1. The third-order valence-electron chi connectivity index (χ3n) is 16.3. The highest BCUT2D eigenvalue weighted by Gasteiger charge is 2.26. The lowest BCUT2D eigenvalue weighted by Gasteiger charge is -2.19. The monoisotopic (exact) mass is 1240 g/mol. The first-order chi connectivity index (χ1) is 42.8. The van der Waals surface area contributed by atoms with Crippen molar-refractivity contribution in [3.8, 4) is 0 Å². The molecule has 0 radical (unpaired) electrons. The van der Waals surface area contributed by atoms with Gasteiger partial charge in [-0.1, -0.05) is 362 Å². The Kier molecular flexibility index (Phi) is 69.9. The maximum Gasteiger partial charge on any atom is 0.472 e. The first-order valence-electron chi connectivity index (χ1n) is 37.1. The summed E-state index contributed by atoms with van der Waals surface area (Å²) in [7, 11) is -4.39. The number of carbonyl (C=O) groups is 2. The first kappa shape index (κ1) is 84.2. The zero-order chi connectivity index (χ0) is 63.0. The van der Waals surface area contributed by atoms with Crippen LogP contribution in [0, 0.1) is 0 Å². The Bertz CT molecular complexity index is 1700. The molecule has 0 rings (SSSR count). The Labute approximate surface area is 538 Å². The molecule has 0 spiro atoms. The van der Waals surface area contributed by atoms with E-state index < -0.39 is 26.5 Å². The van der Waals surface area contributed by atoms with Gasteiger partial charge in [0.25, 0.3) is 0 Å². The maximum absolute atomic E-state index is 12.8. The molecule has 506 valence electrons. The molecule has 3 N–H and O–H groups in total. The highest BCUT2D eigenvalue weighted by molar-refractivity contribution is 7.47. The van der Waals surface area contributed by atoms with E-state index in [0.717, 1.165) is 77.0 Å². The number of unbranched alkanes of at least 4 members (excludes halogenated alkanes) is 43. The smallest absolute Gasteiger partial charge is 0.462 e. The van der Waals surface area contributed by atoms with Gasteiger partial charge in [0.1, 0.15) is 6.61 Å². The highest BCUT2D eigenvalue weighted by Crippen LogP contribution is 2.43. The molecule has 0 aromatic heterocycles. The summed E-state index contributed by atoms with van der Waals surface area (Å²) in [5.41, 5.74) is 5.41. The summed E-state index contributed by atoms with van der Waals surface area (Å²) < 4.78 is 33.2. The second-order valence-electron chi connectivity index (χ2n) is 24.8. The number of ether oxygens (including phenoxy) is 2. The van der Waals surface area contributed by atoms with Gasteiger partial charge in [0.05, 0.1) is 13.2 Å². The van der Waals surface area contributed by atoms with Gasteiger partial charge in [0.15, 0.2) is 6.10 Å². The standard InChI is InChI=1S/C77H140NO8P/c1-3-5-7-9-11-13-15-17-19-21-23-25-27-29-30-31-32-33-34-35-36-37-38-39-40-41-42-43-44-46-48-50-52-54-56-58-60-62-64-66-68-70-77(80)86-75(74-85-87(81,82)84-72-71-78)73-83-76(79)69-67-65-63-61-59-57-55-53-51-49-47-45-28-26-24-22-20-18-16-14-12-10-8-6-4-2/h5,7,11,13,17,19,23,25,29-30,32-33,35-36,75H,3-4,6,8-10,12,14-16,18,20-22,24,26-28,31,34,37-74,78H2,1-2H3,(H,81,82)/b7-5-,13-11-,19-17-,25-23-,30-29-,33-32-,36-35-. The molecule has 0 aromatic carbocycles. The van der Waals surface area contributed by atoms with E-state index >= 15 is 0 Å². The van der Waals surface area contributed by atoms with E-state index in [1.54, 1.807) is 0 Å². The summed E-state index contributed by atoms with van der Waals surface area (Å²) in [6, 6.07) is 0. The number of hydrogen-bond acceptors (Lipinski definition) is 8. The van der Waals surface area contributed by atoms with Gasteiger partial charge in [-0.3, -0.25) is 18.6 Å². The van der Waals surface area contributed by atoms with Crippen molar-refractivity contribution < 1.29 is 37.6 Å². The average molecular weight is 1240 g/mol. The van der Waals surface area contributed by atoms with Crippen LogP contribution in [0.3, 0.4) is 0 Å². The van der Waals surface area contributed by atoms with Crippen molar-refractivity contribution in [3.05, 3.63) is 85.1 Å². The number of nitrogens with two attached hydrogens (primary N) is 1. The lowest BCUT2D eigenvalue weighted by Crippen LogP contribution is -2.29. The van der Waals surface area contributed by atoms with Gasteiger partial charge in [0.2, 0.25) is 0 Å². The summed E-state index contributed by atoms with van der Waals surface area (Å²) in [5.74, 6) is -0.808. The molecule has 0 aliphatic rings. The van der Waals surface area contributed by atoms with Gasteiger partial charge >= 0.3 is 19.8 Å². The molecule has 0 saturated carbocycles. The SMILES string of the molecule is CC/C=C\C/C=C\C/C=C\C/C=C\C/C=C\C/C=C\C/C=C\CCCCCCCCCCCCCCCCCCCCCC(=O)OC(COC(=O)CCCCCCCCCCCCCCCCCCCCCCCCCCC)COP(=O)(O)OCCN. The van der Waals surface area contributed by atoms with Crippen LogP contribution in [0.15, 0.2) is 85.1 Å². The zero-order valence-corrected chi connectivity index (χ0v) is 57.9. The van der Waals surface area contributed by atoms with E-state index in [2.05, 4.69) is 98.9 Å². The molecule has 0 bridgehead atoms. The molecule has 9 nitrogen and oxygen atoms in total. The lowest BCUT2D eigenvalue weighted by atomic mass is 10.0. The Balaban J connectivity index is 3.81. The second kappa shape index (κ2) is 72.3. The molecule has 0 aromatic rings. The lowest BCUT2D eigenvalue weighted by molar-refractivity contribution is -0.161.